The van der Waals surface area contributed by atoms with Crippen molar-refractivity contribution in [2.45, 2.75) is 25.8 Å². The molecule has 0 spiro atoms. The number of rotatable bonds is 3. The van der Waals surface area contributed by atoms with Gasteiger partial charge in [-0.3, -0.25) is 24.5 Å². The summed E-state index contributed by atoms with van der Waals surface area (Å²) in [6.07, 6.45) is 5.29. The van der Waals surface area contributed by atoms with Crippen LogP contribution in [0.4, 0.5) is 10.1 Å². The lowest BCUT2D eigenvalue weighted by atomic mass is 9.89. The average molecular weight is 424 g/mol. The zero-order valence-electron chi connectivity index (χ0n) is 16.8. The van der Waals surface area contributed by atoms with E-state index in [-0.39, 0.29) is 17.2 Å². The number of carbonyl (C=O) groups is 3. The van der Waals surface area contributed by atoms with Gasteiger partial charge in [0.25, 0.3) is 0 Å². The van der Waals surface area contributed by atoms with Crippen molar-refractivity contribution in [1.82, 2.24) is 20.1 Å². The van der Waals surface area contributed by atoms with Crippen molar-refractivity contribution in [3.63, 3.8) is 0 Å². The summed E-state index contributed by atoms with van der Waals surface area (Å²) in [5.74, 6) is -2.68. The maximum atomic E-state index is 15.1. The molecule has 0 saturated carbocycles. The van der Waals surface area contributed by atoms with Crippen molar-refractivity contribution >= 4 is 34.3 Å². The lowest BCUT2D eigenvalue weighted by Crippen LogP contribution is -2.46. The smallest absolute Gasteiger partial charge is 0.313 e. The molecule has 0 bridgehead atoms. The van der Waals surface area contributed by atoms with Crippen LogP contribution in [0.15, 0.2) is 36.8 Å². The van der Waals surface area contributed by atoms with Gasteiger partial charge >= 0.3 is 11.8 Å². The lowest BCUT2D eigenvalue weighted by molar-refractivity contribution is -0.146. The molecule has 4 N–H and O–H groups in total. The Balaban J connectivity index is 1.60. The third-order valence-electron chi connectivity index (χ3n) is 5.50. The predicted octanol–water partition coefficient (Wildman–Crippen LogP) is 2.13. The summed E-state index contributed by atoms with van der Waals surface area (Å²) in [4.78, 5) is 42.3. The molecule has 0 aliphatic carbocycles. The number of hydrogen-bond donors (Lipinski definition) is 3. The molecular weight excluding hydrogens is 403 g/mol. The normalized spacial score (nSPS) is 18.7. The van der Waals surface area contributed by atoms with Gasteiger partial charge in [-0.1, -0.05) is 13.0 Å². The first kappa shape index (κ1) is 20.5. The maximum absolute atomic E-state index is 15.1. The fourth-order valence-electron chi connectivity index (χ4n) is 3.92. The third-order valence-corrected chi connectivity index (χ3v) is 5.50. The third kappa shape index (κ3) is 3.96. The summed E-state index contributed by atoms with van der Waals surface area (Å²) >= 11 is 0. The molecule has 1 aromatic carbocycles. The number of fused-ring (bicyclic) bond motifs is 1. The van der Waals surface area contributed by atoms with E-state index in [4.69, 9.17) is 5.73 Å². The Morgan fingerprint density at radius 3 is 2.81 bits per heavy atom. The minimum absolute atomic E-state index is 0.102. The van der Waals surface area contributed by atoms with Crippen molar-refractivity contribution in [2.75, 3.05) is 11.9 Å². The summed E-state index contributed by atoms with van der Waals surface area (Å²) in [5, 5.41) is 9.36. The van der Waals surface area contributed by atoms with Gasteiger partial charge in [0, 0.05) is 18.3 Å². The van der Waals surface area contributed by atoms with E-state index in [1.807, 2.05) is 6.92 Å². The highest BCUT2D eigenvalue weighted by atomic mass is 19.1. The minimum Gasteiger partial charge on any atom is -0.366 e. The van der Waals surface area contributed by atoms with Crippen molar-refractivity contribution < 1.29 is 18.8 Å². The number of primary amides is 1. The molecule has 1 saturated heterocycles. The number of nitrogens with zero attached hydrogens (tertiary/aromatic N) is 3. The predicted molar refractivity (Wildman–Crippen MR) is 110 cm³/mol. The van der Waals surface area contributed by atoms with Gasteiger partial charge in [-0.25, -0.2) is 4.39 Å². The number of hydrogen-bond acceptors (Lipinski definition) is 5. The van der Waals surface area contributed by atoms with E-state index >= 15 is 4.39 Å². The number of aromatic nitrogens is 3. The number of anilines is 1. The molecule has 1 fully saturated rings. The molecule has 2 atom stereocenters. The molecular formula is C21H21FN6O3. The number of benzene rings is 1. The molecule has 10 heteroatoms. The molecule has 4 rings (SSSR count). The fraction of sp³-hybridized carbons (Fsp3) is 0.286. The zero-order chi connectivity index (χ0) is 22.1. The van der Waals surface area contributed by atoms with Gasteiger partial charge in [0.2, 0.25) is 5.91 Å². The summed E-state index contributed by atoms with van der Waals surface area (Å²) in [6.45, 7) is 2.30. The molecule has 160 valence electrons. The molecule has 2 aromatic heterocycles. The van der Waals surface area contributed by atoms with Crippen molar-refractivity contribution in [3.05, 3.63) is 53.7 Å². The Hall–Kier alpha value is -3.82. The van der Waals surface area contributed by atoms with E-state index in [0.717, 1.165) is 6.42 Å². The number of nitrogens with two attached hydrogens (primary N) is 1. The van der Waals surface area contributed by atoms with Gasteiger partial charge in [-0.2, -0.15) is 5.10 Å². The number of carbonyl (C=O) groups excluding carboxylic acids is 3. The molecule has 3 heterocycles. The summed E-state index contributed by atoms with van der Waals surface area (Å²) in [6, 6.07) is 4.09. The van der Waals surface area contributed by atoms with E-state index < -0.39 is 29.6 Å². The number of likely N-dealkylation sites (tertiary alicyclic amines) is 1. The molecule has 9 nitrogen and oxygen atoms in total. The number of H-pyrrole nitrogens is 1. The Kier molecular flexibility index (Phi) is 5.37. The zero-order valence-corrected chi connectivity index (χ0v) is 16.8. The number of halogens is 1. The average Bonchev–Trinajstić information content (AvgIpc) is 3.24. The van der Waals surface area contributed by atoms with Gasteiger partial charge in [0.05, 0.1) is 40.6 Å². The highest BCUT2D eigenvalue weighted by Gasteiger charge is 2.36. The largest absolute Gasteiger partial charge is 0.366 e. The fourth-order valence-corrected chi connectivity index (χ4v) is 3.92. The highest BCUT2D eigenvalue weighted by molar-refractivity contribution is 6.39. The second-order valence-electron chi connectivity index (χ2n) is 7.74. The molecule has 1 aliphatic rings. The molecule has 3 aromatic rings. The summed E-state index contributed by atoms with van der Waals surface area (Å²) in [7, 11) is 0. The van der Waals surface area contributed by atoms with Gasteiger partial charge < -0.3 is 16.0 Å². The van der Waals surface area contributed by atoms with Crippen molar-refractivity contribution in [1.29, 1.82) is 0 Å². The highest BCUT2D eigenvalue weighted by Crippen LogP contribution is 2.36. The number of aromatic amines is 1. The standard InChI is InChI=1S/C21H21FN6O3/c1-11-2-5-17(14-3-4-16-15(18(14)22)9-25-27-16)28(10-11)21(31)20(30)26-13-6-12(19(23)29)7-24-8-13/h3-4,6-9,11,17H,2,5,10H2,1H3,(H2,23,29)(H,25,27)(H,26,30)/t11-,17?/m1/s1. The van der Waals surface area contributed by atoms with Crippen molar-refractivity contribution in [3.8, 4) is 0 Å². The molecule has 0 radical (unpaired) electrons. The van der Waals surface area contributed by atoms with E-state index in [0.29, 0.717) is 29.4 Å². The summed E-state index contributed by atoms with van der Waals surface area (Å²) < 4.78 is 15.1. The first-order valence-corrected chi connectivity index (χ1v) is 9.83. The molecule has 1 unspecified atom stereocenters. The van der Waals surface area contributed by atoms with Crippen LogP contribution in [0.5, 0.6) is 0 Å². The van der Waals surface area contributed by atoms with E-state index in [2.05, 4.69) is 20.5 Å². The first-order valence-electron chi connectivity index (χ1n) is 9.83. The molecule has 31 heavy (non-hydrogen) atoms. The van der Waals surface area contributed by atoms with E-state index in [1.165, 1.54) is 29.6 Å². The van der Waals surface area contributed by atoms with Crippen LogP contribution in [0.1, 0.15) is 41.7 Å². The first-order chi connectivity index (χ1) is 14.8. The Morgan fingerprint density at radius 1 is 1.23 bits per heavy atom. The monoisotopic (exact) mass is 424 g/mol. The Labute approximate surface area is 176 Å². The van der Waals surface area contributed by atoms with Gasteiger partial charge in [0.1, 0.15) is 5.82 Å². The quantitative estimate of drug-likeness (QED) is 0.554. The van der Waals surface area contributed by atoms with Crippen LogP contribution in [-0.4, -0.2) is 44.3 Å². The van der Waals surface area contributed by atoms with E-state index in [1.54, 1.807) is 12.1 Å². The maximum Gasteiger partial charge on any atom is 0.313 e. The minimum atomic E-state index is -0.896. The second kappa shape index (κ2) is 8.13. The number of pyridine rings is 1. The van der Waals surface area contributed by atoms with E-state index in [9.17, 15) is 14.4 Å². The van der Waals surface area contributed by atoms with Crippen LogP contribution in [0.2, 0.25) is 0 Å². The SMILES string of the molecule is C[C@@H]1CCC(c2ccc3[nH]ncc3c2F)N(C(=O)C(=O)Nc2cncc(C(N)=O)c2)C1. The van der Waals surface area contributed by atoms with Crippen LogP contribution < -0.4 is 11.1 Å². The van der Waals surface area contributed by atoms with Crippen LogP contribution in [-0.2, 0) is 9.59 Å². The van der Waals surface area contributed by atoms with Gasteiger partial charge in [0.15, 0.2) is 0 Å². The topological polar surface area (TPSA) is 134 Å². The molecule has 3 amide bonds. The number of piperidine rings is 1. The van der Waals surface area contributed by atoms with Crippen LogP contribution >= 0.6 is 0 Å². The lowest BCUT2D eigenvalue weighted by Gasteiger charge is -2.38. The number of nitrogens with one attached hydrogen (secondary N) is 2. The van der Waals surface area contributed by atoms with Crippen molar-refractivity contribution in [2.24, 2.45) is 11.7 Å². The van der Waals surface area contributed by atoms with Crippen LogP contribution in [0.25, 0.3) is 10.9 Å². The van der Waals surface area contributed by atoms with Gasteiger partial charge in [-0.05, 0) is 30.9 Å². The van der Waals surface area contributed by atoms with Crippen LogP contribution in [0, 0.1) is 11.7 Å². The Bertz CT molecular complexity index is 1180. The number of amides is 3. The Morgan fingerprint density at radius 2 is 2.03 bits per heavy atom. The van der Waals surface area contributed by atoms with Crippen LogP contribution in [0.3, 0.4) is 0 Å². The second-order valence-corrected chi connectivity index (χ2v) is 7.74. The molecule has 1 aliphatic heterocycles. The van der Waals surface area contributed by atoms with Gasteiger partial charge in [-0.15, -0.1) is 0 Å². The summed E-state index contributed by atoms with van der Waals surface area (Å²) in [5.41, 5.74) is 6.40.